The van der Waals surface area contributed by atoms with Crippen LogP contribution in [-0.2, 0) is 6.54 Å². The normalized spacial score (nSPS) is 10.3. The van der Waals surface area contributed by atoms with Crippen molar-refractivity contribution in [2.45, 2.75) is 6.54 Å². The predicted molar refractivity (Wildman–Crippen MR) is 91.8 cm³/mol. The number of rotatable bonds is 5. The molecule has 0 unspecified atom stereocenters. The van der Waals surface area contributed by atoms with Gasteiger partial charge in [-0.3, -0.25) is 10.1 Å². The zero-order valence-electron chi connectivity index (χ0n) is 12.5. The summed E-state index contributed by atoms with van der Waals surface area (Å²) in [5.41, 5.74) is 3.10. The fraction of sp³-hybridized carbons (Fsp3) is 0.0526. The van der Waals surface area contributed by atoms with Gasteiger partial charge in [-0.25, -0.2) is 0 Å². The molecule has 0 fully saturated rings. The number of nitro groups is 1. The average Bonchev–Trinajstić information content (AvgIpc) is 2.61. The molecule has 0 aromatic heterocycles. The van der Waals surface area contributed by atoms with Crippen molar-refractivity contribution in [2.24, 2.45) is 0 Å². The molecule has 3 aromatic rings. The van der Waals surface area contributed by atoms with E-state index in [0.717, 1.165) is 16.9 Å². The zero-order chi connectivity index (χ0) is 16.1. The van der Waals surface area contributed by atoms with Gasteiger partial charge in [0.15, 0.2) is 0 Å². The topological polar surface area (TPSA) is 46.4 Å². The molecule has 0 amide bonds. The Kier molecular flexibility index (Phi) is 4.34. The number of benzene rings is 3. The molecular formula is C19H16N2O2. The van der Waals surface area contributed by atoms with Gasteiger partial charge < -0.3 is 4.90 Å². The Hall–Kier alpha value is -3.14. The Morgan fingerprint density at radius 1 is 0.783 bits per heavy atom. The van der Waals surface area contributed by atoms with Crippen molar-refractivity contribution in [3.8, 4) is 0 Å². The summed E-state index contributed by atoms with van der Waals surface area (Å²) in [6.45, 7) is 0.565. The molecule has 4 nitrogen and oxygen atoms in total. The van der Waals surface area contributed by atoms with Crippen LogP contribution in [0.3, 0.4) is 0 Å². The van der Waals surface area contributed by atoms with Crippen LogP contribution in [-0.4, -0.2) is 4.92 Å². The molecular weight excluding hydrogens is 288 g/mol. The first-order chi connectivity index (χ1) is 11.2. The maximum absolute atomic E-state index is 11.0. The molecule has 0 heterocycles. The van der Waals surface area contributed by atoms with Crippen molar-refractivity contribution >= 4 is 17.1 Å². The molecule has 0 N–H and O–H groups in total. The van der Waals surface area contributed by atoms with Crippen LogP contribution < -0.4 is 4.90 Å². The predicted octanol–water partition coefficient (Wildman–Crippen LogP) is 4.93. The molecule has 0 bridgehead atoms. The highest BCUT2D eigenvalue weighted by Crippen LogP contribution is 2.27. The third kappa shape index (κ3) is 3.55. The minimum atomic E-state index is -0.362. The van der Waals surface area contributed by atoms with Crippen LogP contribution >= 0.6 is 0 Å². The molecule has 3 aromatic carbocycles. The number of nitrogens with zero attached hydrogens (tertiary/aromatic N) is 2. The van der Waals surface area contributed by atoms with E-state index in [-0.39, 0.29) is 10.6 Å². The Labute approximate surface area is 134 Å². The smallest absolute Gasteiger partial charge is 0.269 e. The highest BCUT2D eigenvalue weighted by molar-refractivity contribution is 5.63. The standard InChI is InChI=1S/C19H16N2O2/c22-21(23)19-13-7-8-16(14-19)15-20(17-9-3-1-4-10-17)18-11-5-2-6-12-18/h1-14H,15H2. The molecule has 0 aliphatic rings. The molecule has 4 heteroatoms. The van der Waals surface area contributed by atoms with Gasteiger partial charge in [-0.2, -0.15) is 0 Å². The molecule has 3 rings (SSSR count). The van der Waals surface area contributed by atoms with Crippen molar-refractivity contribution in [3.05, 3.63) is 101 Å². The summed E-state index contributed by atoms with van der Waals surface area (Å²) in [5.74, 6) is 0. The lowest BCUT2D eigenvalue weighted by Crippen LogP contribution is -2.16. The fourth-order valence-corrected chi connectivity index (χ4v) is 2.50. The number of non-ortho nitro benzene ring substituents is 1. The molecule has 0 aliphatic carbocycles. The maximum Gasteiger partial charge on any atom is 0.269 e. The lowest BCUT2D eigenvalue weighted by atomic mass is 10.1. The molecule has 0 saturated heterocycles. The molecule has 0 saturated carbocycles. The lowest BCUT2D eigenvalue weighted by Gasteiger charge is -2.25. The second-order valence-corrected chi connectivity index (χ2v) is 5.18. The Morgan fingerprint density at radius 3 is 1.87 bits per heavy atom. The first-order valence-corrected chi connectivity index (χ1v) is 7.35. The largest absolute Gasteiger partial charge is 0.337 e. The molecule has 0 spiro atoms. The number of para-hydroxylation sites is 2. The summed E-state index contributed by atoms with van der Waals surface area (Å²) in [6.07, 6.45) is 0. The van der Waals surface area contributed by atoms with E-state index >= 15 is 0 Å². The highest BCUT2D eigenvalue weighted by Gasteiger charge is 2.12. The summed E-state index contributed by atoms with van der Waals surface area (Å²) in [5, 5.41) is 11.0. The Morgan fingerprint density at radius 2 is 1.35 bits per heavy atom. The van der Waals surface area contributed by atoms with Crippen LogP contribution in [0.5, 0.6) is 0 Å². The number of anilines is 2. The quantitative estimate of drug-likeness (QED) is 0.496. The van der Waals surface area contributed by atoms with Crippen molar-refractivity contribution in [1.29, 1.82) is 0 Å². The molecule has 0 atom stereocenters. The van der Waals surface area contributed by atoms with Crippen LogP contribution in [0.2, 0.25) is 0 Å². The van der Waals surface area contributed by atoms with Crippen LogP contribution in [0.25, 0.3) is 0 Å². The van der Waals surface area contributed by atoms with Gasteiger partial charge in [0.1, 0.15) is 0 Å². The summed E-state index contributed by atoms with van der Waals surface area (Å²) >= 11 is 0. The second kappa shape index (κ2) is 6.75. The van der Waals surface area contributed by atoms with Crippen molar-refractivity contribution in [2.75, 3.05) is 4.90 Å². The van der Waals surface area contributed by atoms with Gasteiger partial charge in [0.05, 0.1) is 4.92 Å². The molecule has 23 heavy (non-hydrogen) atoms. The van der Waals surface area contributed by atoms with Gasteiger partial charge >= 0.3 is 0 Å². The van der Waals surface area contributed by atoms with Gasteiger partial charge in [-0.1, -0.05) is 48.5 Å². The molecule has 0 radical (unpaired) electrons. The van der Waals surface area contributed by atoms with Crippen molar-refractivity contribution in [3.63, 3.8) is 0 Å². The molecule has 114 valence electrons. The number of hydrogen-bond acceptors (Lipinski definition) is 3. The maximum atomic E-state index is 11.0. The van der Waals surface area contributed by atoms with Crippen LogP contribution in [0.1, 0.15) is 5.56 Å². The lowest BCUT2D eigenvalue weighted by molar-refractivity contribution is -0.384. The zero-order valence-corrected chi connectivity index (χ0v) is 12.5. The highest BCUT2D eigenvalue weighted by atomic mass is 16.6. The summed E-state index contributed by atoms with van der Waals surface area (Å²) in [7, 11) is 0. The van der Waals surface area contributed by atoms with Gasteiger partial charge in [0.2, 0.25) is 0 Å². The fourth-order valence-electron chi connectivity index (χ4n) is 2.50. The monoisotopic (exact) mass is 304 g/mol. The summed E-state index contributed by atoms with van der Waals surface area (Å²) in [6, 6.07) is 26.8. The van der Waals surface area contributed by atoms with E-state index in [9.17, 15) is 10.1 Å². The molecule has 0 aliphatic heterocycles. The van der Waals surface area contributed by atoms with Gasteiger partial charge in [-0.05, 0) is 29.8 Å². The Balaban J connectivity index is 1.97. The SMILES string of the molecule is O=[N+]([O-])c1cccc(CN(c2ccccc2)c2ccccc2)c1. The van der Waals surface area contributed by atoms with E-state index in [1.165, 1.54) is 6.07 Å². The van der Waals surface area contributed by atoms with Crippen LogP contribution in [0.15, 0.2) is 84.9 Å². The first kappa shape index (κ1) is 14.8. The summed E-state index contributed by atoms with van der Waals surface area (Å²) < 4.78 is 0. The first-order valence-electron chi connectivity index (χ1n) is 7.35. The van der Waals surface area contributed by atoms with Crippen LogP contribution in [0.4, 0.5) is 17.1 Å². The van der Waals surface area contributed by atoms with Crippen LogP contribution in [0, 0.1) is 10.1 Å². The minimum absolute atomic E-state index is 0.114. The van der Waals surface area contributed by atoms with Gasteiger partial charge in [0, 0.05) is 30.1 Å². The third-order valence-electron chi connectivity index (χ3n) is 3.60. The van der Waals surface area contributed by atoms with Gasteiger partial charge in [-0.15, -0.1) is 0 Å². The minimum Gasteiger partial charge on any atom is -0.337 e. The van der Waals surface area contributed by atoms with E-state index in [0.29, 0.717) is 6.54 Å². The Bertz CT molecular complexity index is 749. The van der Waals surface area contributed by atoms with E-state index < -0.39 is 0 Å². The summed E-state index contributed by atoms with van der Waals surface area (Å²) in [4.78, 5) is 12.7. The number of hydrogen-bond donors (Lipinski definition) is 0. The third-order valence-corrected chi connectivity index (χ3v) is 3.60. The van der Waals surface area contributed by atoms with Crippen molar-refractivity contribution < 1.29 is 4.92 Å². The second-order valence-electron chi connectivity index (χ2n) is 5.18. The van der Waals surface area contributed by atoms with Gasteiger partial charge in [0.25, 0.3) is 5.69 Å². The average molecular weight is 304 g/mol. The van der Waals surface area contributed by atoms with E-state index in [1.807, 2.05) is 66.7 Å². The van der Waals surface area contributed by atoms with E-state index in [4.69, 9.17) is 0 Å². The van der Waals surface area contributed by atoms with E-state index in [2.05, 4.69) is 4.90 Å². The number of nitro benzene ring substituents is 1. The van der Waals surface area contributed by atoms with Crippen molar-refractivity contribution in [1.82, 2.24) is 0 Å². The van der Waals surface area contributed by atoms with E-state index in [1.54, 1.807) is 12.1 Å².